The van der Waals surface area contributed by atoms with Gasteiger partial charge in [-0.25, -0.2) is 0 Å². The predicted octanol–water partition coefficient (Wildman–Crippen LogP) is 6.82. The highest BCUT2D eigenvalue weighted by atomic mass is 79.9. The van der Waals surface area contributed by atoms with E-state index in [-0.39, 0.29) is 17.6 Å². The van der Waals surface area contributed by atoms with Crippen LogP contribution in [0.2, 0.25) is 0 Å². The normalized spacial score (nSPS) is 17.6. The summed E-state index contributed by atoms with van der Waals surface area (Å²) in [7, 11) is 3.20. The third-order valence-corrected chi connectivity index (χ3v) is 6.65. The number of aryl methyl sites for hydroxylation is 1. The molecule has 3 rings (SSSR count). The van der Waals surface area contributed by atoms with Crippen molar-refractivity contribution in [1.82, 2.24) is 0 Å². The molecule has 0 unspecified atom stereocenters. The van der Waals surface area contributed by atoms with Crippen LogP contribution in [0.5, 0.6) is 11.5 Å². The highest BCUT2D eigenvalue weighted by Gasteiger charge is 2.25. The number of halogens is 1. The molecule has 2 aromatic carbocycles. The number of Topliss-reactive ketones (excluding diaryl/α,β-unsaturated/α-hetero) is 1. The Kier molecular flexibility index (Phi) is 10.2. The van der Waals surface area contributed by atoms with Crippen LogP contribution in [0, 0.1) is 18.8 Å². The summed E-state index contributed by atoms with van der Waals surface area (Å²) in [5.41, 5.74) is 2.51. The van der Waals surface area contributed by atoms with E-state index >= 15 is 0 Å². The number of para-hydroxylation sites is 1. The van der Waals surface area contributed by atoms with Crippen LogP contribution in [0.15, 0.2) is 40.9 Å². The van der Waals surface area contributed by atoms with Gasteiger partial charge in [0.2, 0.25) is 5.91 Å². The van der Waals surface area contributed by atoms with Crippen LogP contribution in [0.3, 0.4) is 0 Å². The fourth-order valence-electron chi connectivity index (χ4n) is 3.97. The summed E-state index contributed by atoms with van der Waals surface area (Å²) in [6, 6.07) is 11.2. The Morgan fingerprint density at radius 1 is 1.06 bits per heavy atom. The summed E-state index contributed by atoms with van der Waals surface area (Å²) >= 11 is 3.30. The molecule has 0 atom stereocenters. The number of ether oxygens (including phenoxy) is 2. The standard InChI is InChI=1S/C17H25NO2.C9H9BrO2/c1-4-13-6-8-14(9-7-13)17(19)18-15-10-5-12(2)16(11-15)20-3;1-6(11)7-4-3-5-8(10)9(7)12-2/h5,10-11,13-14H,4,6-9H2,1-3H3,(H,18,19);3-5H,1-2H3. The predicted molar refractivity (Wildman–Crippen MR) is 133 cm³/mol. The minimum absolute atomic E-state index is 0.00755. The first-order valence-electron chi connectivity index (χ1n) is 11.1. The van der Waals surface area contributed by atoms with E-state index in [9.17, 15) is 9.59 Å². The summed E-state index contributed by atoms with van der Waals surface area (Å²) < 4.78 is 11.2. The number of hydrogen-bond acceptors (Lipinski definition) is 4. The first-order chi connectivity index (χ1) is 15.3. The van der Waals surface area contributed by atoms with E-state index in [1.807, 2.05) is 37.3 Å². The number of benzene rings is 2. The highest BCUT2D eigenvalue weighted by Crippen LogP contribution is 2.32. The zero-order valence-electron chi connectivity index (χ0n) is 19.7. The number of ketones is 1. The summed E-state index contributed by atoms with van der Waals surface area (Å²) in [6.45, 7) is 5.75. The van der Waals surface area contributed by atoms with Crippen LogP contribution in [-0.4, -0.2) is 25.9 Å². The van der Waals surface area contributed by atoms with Crippen molar-refractivity contribution in [1.29, 1.82) is 0 Å². The minimum atomic E-state index is 0.00755. The molecule has 174 valence electrons. The van der Waals surface area contributed by atoms with Crippen molar-refractivity contribution in [2.45, 2.75) is 52.9 Å². The molecule has 1 saturated carbocycles. The van der Waals surface area contributed by atoms with Gasteiger partial charge in [-0.2, -0.15) is 0 Å². The number of anilines is 1. The van der Waals surface area contributed by atoms with Crippen LogP contribution in [0.1, 0.15) is 61.9 Å². The average molecular weight is 504 g/mol. The van der Waals surface area contributed by atoms with E-state index in [2.05, 4.69) is 28.2 Å². The summed E-state index contributed by atoms with van der Waals surface area (Å²) in [4.78, 5) is 23.4. The van der Waals surface area contributed by atoms with E-state index < -0.39 is 0 Å². The smallest absolute Gasteiger partial charge is 0.227 e. The molecule has 0 saturated heterocycles. The maximum Gasteiger partial charge on any atom is 0.227 e. The van der Waals surface area contributed by atoms with Gasteiger partial charge >= 0.3 is 0 Å². The molecular weight excluding hydrogens is 470 g/mol. The molecule has 0 heterocycles. The van der Waals surface area contributed by atoms with Crippen LogP contribution in [-0.2, 0) is 4.79 Å². The summed E-state index contributed by atoms with van der Waals surface area (Å²) in [5.74, 6) is 2.57. The molecule has 0 bridgehead atoms. The van der Waals surface area contributed by atoms with Crippen molar-refractivity contribution in [3.63, 3.8) is 0 Å². The van der Waals surface area contributed by atoms with Crippen molar-refractivity contribution in [2.75, 3.05) is 19.5 Å². The first kappa shape index (κ1) is 25.9. The summed E-state index contributed by atoms with van der Waals surface area (Å²) in [6.07, 6.45) is 5.65. The van der Waals surface area contributed by atoms with Gasteiger partial charge in [-0.05, 0) is 85.1 Å². The zero-order valence-corrected chi connectivity index (χ0v) is 21.3. The lowest BCUT2D eigenvalue weighted by molar-refractivity contribution is -0.121. The van der Waals surface area contributed by atoms with E-state index in [1.54, 1.807) is 20.3 Å². The molecule has 1 aliphatic rings. The Labute approximate surface area is 200 Å². The second kappa shape index (κ2) is 12.6. The van der Waals surface area contributed by atoms with Gasteiger partial charge in [-0.1, -0.05) is 25.5 Å². The monoisotopic (exact) mass is 503 g/mol. The van der Waals surface area contributed by atoms with Crippen LogP contribution < -0.4 is 14.8 Å². The molecule has 1 N–H and O–H groups in total. The molecule has 1 fully saturated rings. The molecule has 2 aromatic rings. The number of amides is 1. The topological polar surface area (TPSA) is 64.6 Å². The average Bonchev–Trinajstić information content (AvgIpc) is 2.80. The molecule has 6 heteroatoms. The Morgan fingerprint density at radius 2 is 1.75 bits per heavy atom. The van der Waals surface area contributed by atoms with Crippen LogP contribution in [0.4, 0.5) is 5.69 Å². The van der Waals surface area contributed by atoms with Crippen LogP contribution in [0.25, 0.3) is 0 Å². The van der Waals surface area contributed by atoms with Crippen molar-refractivity contribution in [3.8, 4) is 11.5 Å². The number of nitrogens with one attached hydrogen (secondary N) is 1. The van der Waals surface area contributed by atoms with Crippen molar-refractivity contribution in [2.24, 2.45) is 11.8 Å². The maximum absolute atomic E-state index is 12.3. The molecule has 5 nitrogen and oxygen atoms in total. The number of rotatable bonds is 6. The quantitative estimate of drug-likeness (QED) is 0.439. The number of carbonyl (C=O) groups excluding carboxylic acids is 2. The Bertz CT molecular complexity index is 920. The van der Waals surface area contributed by atoms with Crippen molar-refractivity contribution >= 4 is 33.3 Å². The lowest BCUT2D eigenvalue weighted by Crippen LogP contribution is -2.27. The van der Waals surface area contributed by atoms with Gasteiger partial charge in [0.05, 0.1) is 24.3 Å². The number of carbonyl (C=O) groups is 2. The first-order valence-corrected chi connectivity index (χ1v) is 11.9. The highest BCUT2D eigenvalue weighted by molar-refractivity contribution is 9.10. The van der Waals surface area contributed by atoms with E-state index in [1.165, 1.54) is 26.2 Å². The largest absolute Gasteiger partial charge is 0.496 e. The second-order valence-electron chi connectivity index (χ2n) is 8.18. The Hall–Kier alpha value is -2.34. The zero-order chi connectivity index (χ0) is 23.7. The Balaban J connectivity index is 0.000000258. The lowest BCUT2D eigenvalue weighted by atomic mass is 9.80. The molecule has 32 heavy (non-hydrogen) atoms. The van der Waals surface area contributed by atoms with Gasteiger partial charge in [0, 0.05) is 17.7 Å². The maximum atomic E-state index is 12.3. The summed E-state index contributed by atoms with van der Waals surface area (Å²) in [5, 5.41) is 3.03. The van der Waals surface area contributed by atoms with Gasteiger partial charge in [0.1, 0.15) is 11.5 Å². The third kappa shape index (κ3) is 7.09. The number of methoxy groups -OCH3 is 2. The molecule has 0 radical (unpaired) electrons. The van der Waals surface area contributed by atoms with Crippen molar-refractivity contribution in [3.05, 3.63) is 52.0 Å². The molecule has 0 aromatic heterocycles. The Morgan fingerprint density at radius 3 is 2.28 bits per heavy atom. The van der Waals surface area contributed by atoms with E-state index in [0.29, 0.717) is 11.3 Å². The molecule has 0 aliphatic heterocycles. The lowest BCUT2D eigenvalue weighted by Gasteiger charge is -2.27. The van der Waals surface area contributed by atoms with Gasteiger partial charge in [-0.15, -0.1) is 0 Å². The van der Waals surface area contributed by atoms with Crippen LogP contribution >= 0.6 is 15.9 Å². The van der Waals surface area contributed by atoms with Gasteiger partial charge in [0.25, 0.3) is 0 Å². The minimum Gasteiger partial charge on any atom is -0.496 e. The van der Waals surface area contributed by atoms with E-state index in [0.717, 1.165) is 40.2 Å². The molecule has 1 aliphatic carbocycles. The SMILES string of the molecule is CCC1CCC(C(=O)Nc2ccc(C)c(OC)c2)CC1.COc1c(Br)cccc1C(C)=O. The molecule has 1 amide bonds. The second-order valence-corrected chi connectivity index (χ2v) is 9.03. The van der Waals surface area contributed by atoms with Crippen molar-refractivity contribution < 1.29 is 19.1 Å². The fraction of sp³-hybridized carbons (Fsp3) is 0.462. The van der Waals surface area contributed by atoms with Gasteiger partial charge in [-0.3, -0.25) is 9.59 Å². The van der Waals surface area contributed by atoms with Gasteiger partial charge in [0.15, 0.2) is 5.78 Å². The number of hydrogen-bond donors (Lipinski definition) is 1. The molecule has 0 spiro atoms. The van der Waals surface area contributed by atoms with E-state index in [4.69, 9.17) is 9.47 Å². The fourth-order valence-corrected chi connectivity index (χ4v) is 4.50. The molecular formula is C26H34BrNO4. The van der Waals surface area contributed by atoms with Gasteiger partial charge < -0.3 is 14.8 Å². The third-order valence-electron chi connectivity index (χ3n) is 6.02.